The molecule has 0 saturated carbocycles. The highest BCUT2D eigenvalue weighted by atomic mass is 32.2. The number of nitrogens with zero attached hydrogens (tertiary/aromatic N) is 1. The number of nitrogens with one attached hydrogen (secondary N) is 3. The monoisotopic (exact) mass is 464 g/mol. The summed E-state index contributed by atoms with van der Waals surface area (Å²) in [7, 11) is -4.21. The van der Waals surface area contributed by atoms with Crippen molar-refractivity contribution in [1.82, 2.24) is 9.62 Å². The third-order valence-corrected chi connectivity index (χ3v) is 6.33. The standard InChI is InChI=1S/C21H25FN4O5S/c1-15(25-32(29,30)19-5-3-2-4-18(19)22)21(28)24-17-8-6-16(7-9-17)23-20(27)14-26-10-12-31-13-11-26/h2-9,15,25H,10-14H2,1H3,(H,23,27)(H,24,28)/t15-/m0/s1. The molecule has 0 bridgehead atoms. The van der Waals surface area contributed by atoms with E-state index in [1.165, 1.54) is 19.1 Å². The van der Waals surface area contributed by atoms with Crippen LogP contribution in [0.2, 0.25) is 0 Å². The minimum absolute atomic E-state index is 0.153. The fourth-order valence-corrected chi connectivity index (χ4v) is 4.34. The van der Waals surface area contributed by atoms with E-state index >= 15 is 0 Å². The minimum atomic E-state index is -4.21. The highest BCUT2D eigenvalue weighted by Crippen LogP contribution is 2.16. The molecule has 1 atom stereocenters. The molecule has 2 amide bonds. The van der Waals surface area contributed by atoms with Gasteiger partial charge in [-0.2, -0.15) is 4.72 Å². The first-order chi connectivity index (χ1) is 15.2. The zero-order valence-electron chi connectivity index (χ0n) is 17.5. The van der Waals surface area contributed by atoms with Gasteiger partial charge in [0.15, 0.2) is 0 Å². The Morgan fingerprint density at radius 3 is 2.25 bits per heavy atom. The molecule has 3 rings (SSSR count). The molecule has 2 aromatic carbocycles. The smallest absolute Gasteiger partial charge is 0.244 e. The lowest BCUT2D eigenvalue weighted by molar-refractivity contribution is -0.118. The highest BCUT2D eigenvalue weighted by molar-refractivity contribution is 7.89. The second-order valence-electron chi connectivity index (χ2n) is 7.28. The molecule has 32 heavy (non-hydrogen) atoms. The van der Waals surface area contributed by atoms with Crippen LogP contribution in [0.4, 0.5) is 15.8 Å². The molecule has 0 radical (unpaired) electrons. The van der Waals surface area contributed by atoms with Crippen LogP contribution < -0.4 is 15.4 Å². The van der Waals surface area contributed by atoms with Crippen LogP contribution in [0.1, 0.15) is 6.92 Å². The molecular weight excluding hydrogens is 439 g/mol. The number of morpholine rings is 1. The Morgan fingerprint density at radius 2 is 1.62 bits per heavy atom. The summed E-state index contributed by atoms with van der Waals surface area (Å²) in [6, 6.07) is 10.2. The number of carbonyl (C=O) groups is 2. The van der Waals surface area contributed by atoms with Gasteiger partial charge in [0.25, 0.3) is 0 Å². The normalized spacial score (nSPS) is 15.7. The molecule has 0 aromatic heterocycles. The Balaban J connectivity index is 1.52. The van der Waals surface area contributed by atoms with Gasteiger partial charge in [-0.25, -0.2) is 12.8 Å². The van der Waals surface area contributed by atoms with E-state index in [-0.39, 0.29) is 12.5 Å². The van der Waals surface area contributed by atoms with Gasteiger partial charge in [0.2, 0.25) is 21.8 Å². The van der Waals surface area contributed by atoms with Gasteiger partial charge in [-0.3, -0.25) is 14.5 Å². The van der Waals surface area contributed by atoms with Crippen molar-refractivity contribution in [2.24, 2.45) is 0 Å². The fourth-order valence-electron chi connectivity index (χ4n) is 3.06. The molecule has 1 aliphatic rings. The Labute approximate surface area is 186 Å². The number of sulfonamides is 1. The van der Waals surface area contributed by atoms with Crippen LogP contribution in [0.5, 0.6) is 0 Å². The van der Waals surface area contributed by atoms with Crippen molar-refractivity contribution in [3.8, 4) is 0 Å². The summed E-state index contributed by atoms with van der Waals surface area (Å²) in [6.45, 7) is 4.25. The summed E-state index contributed by atoms with van der Waals surface area (Å²) in [5.41, 5.74) is 0.979. The first-order valence-electron chi connectivity index (χ1n) is 10.0. The number of anilines is 2. The summed E-state index contributed by atoms with van der Waals surface area (Å²) >= 11 is 0. The molecule has 1 heterocycles. The maximum Gasteiger partial charge on any atom is 0.244 e. The van der Waals surface area contributed by atoms with Crippen LogP contribution in [0.3, 0.4) is 0 Å². The molecule has 3 N–H and O–H groups in total. The second-order valence-corrected chi connectivity index (χ2v) is 8.96. The van der Waals surface area contributed by atoms with Gasteiger partial charge in [0.05, 0.1) is 25.8 Å². The summed E-state index contributed by atoms with van der Waals surface area (Å²) in [6.07, 6.45) is 0. The molecule has 2 aromatic rings. The van der Waals surface area contributed by atoms with E-state index in [1.54, 1.807) is 24.3 Å². The van der Waals surface area contributed by atoms with Crippen LogP contribution in [0.25, 0.3) is 0 Å². The molecule has 9 nitrogen and oxygen atoms in total. The van der Waals surface area contributed by atoms with E-state index in [4.69, 9.17) is 4.74 Å². The van der Waals surface area contributed by atoms with E-state index in [2.05, 4.69) is 15.4 Å². The third-order valence-electron chi connectivity index (χ3n) is 4.76. The molecule has 0 spiro atoms. The van der Waals surface area contributed by atoms with Crippen LogP contribution >= 0.6 is 0 Å². The lowest BCUT2D eigenvalue weighted by Gasteiger charge is -2.25. The molecule has 1 aliphatic heterocycles. The van der Waals surface area contributed by atoms with Crippen molar-refractivity contribution < 1.29 is 27.1 Å². The fraction of sp³-hybridized carbons (Fsp3) is 0.333. The van der Waals surface area contributed by atoms with Gasteiger partial charge in [-0.15, -0.1) is 0 Å². The summed E-state index contributed by atoms with van der Waals surface area (Å²) < 4.78 is 45.9. The Bertz CT molecular complexity index is 1060. The summed E-state index contributed by atoms with van der Waals surface area (Å²) in [5.74, 6) is -1.67. The van der Waals surface area contributed by atoms with Crippen molar-refractivity contribution in [2.75, 3.05) is 43.5 Å². The van der Waals surface area contributed by atoms with Crippen LogP contribution in [-0.2, 0) is 24.3 Å². The van der Waals surface area contributed by atoms with Crippen molar-refractivity contribution in [3.05, 3.63) is 54.3 Å². The molecule has 1 fully saturated rings. The Hall–Kier alpha value is -2.86. The van der Waals surface area contributed by atoms with Crippen molar-refractivity contribution in [1.29, 1.82) is 0 Å². The summed E-state index contributed by atoms with van der Waals surface area (Å²) in [4.78, 5) is 26.0. The molecule has 172 valence electrons. The number of hydrogen-bond acceptors (Lipinski definition) is 6. The molecule has 0 aliphatic carbocycles. The number of benzene rings is 2. The lowest BCUT2D eigenvalue weighted by atomic mass is 10.2. The predicted octanol–water partition coefficient (Wildman–Crippen LogP) is 1.40. The van der Waals surface area contributed by atoms with Gasteiger partial charge in [-0.1, -0.05) is 12.1 Å². The number of rotatable bonds is 8. The summed E-state index contributed by atoms with van der Waals surface area (Å²) in [5, 5.41) is 5.37. The third kappa shape index (κ3) is 6.57. The Morgan fingerprint density at radius 1 is 1.03 bits per heavy atom. The molecule has 1 saturated heterocycles. The van der Waals surface area contributed by atoms with Gasteiger partial charge in [0, 0.05) is 24.5 Å². The van der Waals surface area contributed by atoms with Crippen molar-refractivity contribution in [3.63, 3.8) is 0 Å². The number of ether oxygens (including phenoxy) is 1. The van der Waals surface area contributed by atoms with E-state index in [0.29, 0.717) is 37.7 Å². The quantitative estimate of drug-likeness (QED) is 0.544. The molecular formula is C21H25FN4O5S. The first kappa shape index (κ1) is 23.8. The second kappa shape index (κ2) is 10.6. The van der Waals surface area contributed by atoms with Crippen LogP contribution in [0.15, 0.2) is 53.4 Å². The van der Waals surface area contributed by atoms with E-state index in [0.717, 1.165) is 12.1 Å². The SMILES string of the molecule is C[C@H](NS(=O)(=O)c1ccccc1F)C(=O)Nc1ccc(NC(=O)CN2CCOCC2)cc1. The zero-order chi connectivity index (χ0) is 23.1. The first-order valence-corrected chi connectivity index (χ1v) is 11.5. The van der Waals surface area contributed by atoms with Gasteiger partial charge in [0.1, 0.15) is 10.7 Å². The molecule has 0 unspecified atom stereocenters. The Kier molecular flexibility index (Phi) is 7.91. The van der Waals surface area contributed by atoms with Crippen LogP contribution in [0, 0.1) is 5.82 Å². The van der Waals surface area contributed by atoms with Gasteiger partial charge < -0.3 is 15.4 Å². The van der Waals surface area contributed by atoms with E-state index < -0.39 is 32.7 Å². The highest BCUT2D eigenvalue weighted by Gasteiger charge is 2.24. The minimum Gasteiger partial charge on any atom is -0.379 e. The number of halogens is 1. The van der Waals surface area contributed by atoms with Crippen molar-refractivity contribution in [2.45, 2.75) is 17.9 Å². The van der Waals surface area contributed by atoms with Crippen molar-refractivity contribution >= 4 is 33.2 Å². The number of hydrogen-bond donors (Lipinski definition) is 3. The average Bonchev–Trinajstić information content (AvgIpc) is 2.75. The van der Waals surface area contributed by atoms with Gasteiger partial charge >= 0.3 is 0 Å². The topological polar surface area (TPSA) is 117 Å². The van der Waals surface area contributed by atoms with E-state index in [1.807, 2.05) is 4.90 Å². The largest absolute Gasteiger partial charge is 0.379 e. The number of amides is 2. The van der Waals surface area contributed by atoms with Gasteiger partial charge in [-0.05, 0) is 43.3 Å². The van der Waals surface area contributed by atoms with E-state index in [9.17, 15) is 22.4 Å². The maximum absolute atomic E-state index is 13.8. The number of carbonyl (C=O) groups excluding carboxylic acids is 2. The molecule has 11 heteroatoms. The lowest BCUT2D eigenvalue weighted by Crippen LogP contribution is -2.41. The van der Waals surface area contributed by atoms with Crippen LogP contribution in [-0.4, -0.2) is 64.0 Å². The maximum atomic E-state index is 13.8. The average molecular weight is 465 g/mol. The predicted molar refractivity (Wildman–Crippen MR) is 117 cm³/mol. The zero-order valence-corrected chi connectivity index (χ0v) is 18.3.